The lowest BCUT2D eigenvalue weighted by molar-refractivity contribution is -0.151. The molecule has 0 bridgehead atoms. The van der Waals surface area contributed by atoms with Gasteiger partial charge < -0.3 is 5.11 Å². The van der Waals surface area contributed by atoms with E-state index in [9.17, 15) is 32.7 Å². The van der Waals surface area contributed by atoms with Gasteiger partial charge in [-0.2, -0.15) is 13.2 Å². The Kier molecular flexibility index (Phi) is 4.91. The van der Waals surface area contributed by atoms with Crippen LogP contribution in [0.25, 0.3) is 0 Å². The number of hydrogen-bond donors (Lipinski definition) is 2. The quantitative estimate of drug-likeness (QED) is 0.728. The summed E-state index contributed by atoms with van der Waals surface area (Å²) in [4.78, 5) is 39.8. The second-order valence-electron chi connectivity index (χ2n) is 8.59. The molecule has 6 nitrogen and oxygen atoms in total. The maximum absolute atomic E-state index is 13.3. The van der Waals surface area contributed by atoms with Crippen LogP contribution in [0.4, 0.5) is 13.2 Å². The van der Waals surface area contributed by atoms with Crippen LogP contribution in [0.1, 0.15) is 56.2 Å². The van der Waals surface area contributed by atoms with Gasteiger partial charge in [0.15, 0.2) is 0 Å². The predicted octanol–water partition coefficient (Wildman–Crippen LogP) is 3.13. The van der Waals surface area contributed by atoms with Crippen molar-refractivity contribution in [2.24, 2.45) is 11.8 Å². The van der Waals surface area contributed by atoms with Gasteiger partial charge in [0.05, 0.1) is 17.4 Å². The molecule has 30 heavy (non-hydrogen) atoms. The van der Waals surface area contributed by atoms with Gasteiger partial charge in [-0.1, -0.05) is 31.4 Å². The van der Waals surface area contributed by atoms with Crippen molar-refractivity contribution in [2.45, 2.75) is 62.8 Å². The molecular formula is C21H23F3N2O4. The van der Waals surface area contributed by atoms with E-state index in [0.717, 1.165) is 31.4 Å². The number of likely N-dealkylation sites (tertiary alicyclic amines) is 1. The Morgan fingerprint density at radius 1 is 1.17 bits per heavy atom. The van der Waals surface area contributed by atoms with Gasteiger partial charge >= 0.3 is 12.1 Å². The molecule has 2 N–H and O–H groups in total. The Morgan fingerprint density at radius 3 is 2.43 bits per heavy atom. The Hall–Kier alpha value is -2.42. The first-order valence-electron chi connectivity index (χ1n) is 10.1. The number of imide groups is 1. The third kappa shape index (κ3) is 3.10. The Bertz CT molecular complexity index is 896. The fraction of sp³-hybridized carbons (Fsp3) is 0.571. The van der Waals surface area contributed by atoms with E-state index in [1.165, 1.54) is 24.0 Å². The van der Waals surface area contributed by atoms with Crippen LogP contribution in [0.3, 0.4) is 0 Å². The molecule has 4 atom stereocenters. The highest BCUT2D eigenvalue weighted by Gasteiger charge is 2.67. The molecular weight excluding hydrogens is 401 g/mol. The van der Waals surface area contributed by atoms with Gasteiger partial charge in [-0.05, 0) is 37.5 Å². The zero-order valence-corrected chi connectivity index (χ0v) is 16.4. The van der Waals surface area contributed by atoms with Gasteiger partial charge in [-0.15, -0.1) is 0 Å². The number of nitrogens with one attached hydrogen (secondary N) is 1. The molecule has 2 amide bonds. The molecule has 2 heterocycles. The highest BCUT2D eigenvalue weighted by Crippen LogP contribution is 2.50. The predicted molar refractivity (Wildman–Crippen MR) is 99.1 cm³/mol. The number of carboxylic acids is 1. The summed E-state index contributed by atoms with van der Waals surface area (Å²) in [5.41, 5.74) is -2.49. The van der Waals surface area contributed by atoms with Crippen molar-refractivity contribution in [3.63, 3.8) is 0 Å². The van der Waals surface area contributed by atoms with Gasteiger partial charge in [0.25, 0.3) is 0 Å². The van der Waals surface area contributed by atoms with Crippen molar-refractivity contribution in [1.82, 2.24) is 10.2 Å². The summed E-state index contributed by atoms with van der Waals surface area (Å²) in [7, 11) is 0. The number of nitrogens with zero attached hydrogens (tertiary/aromatic N) is 1. The number of carboxylic acid groups (broad SMARTS) is 1. The first-order chi connectivity index (χ1) is 14.1. The summed E-state index contributed by atoms with van der Waals surface area (Å²) in [6.45, 7) is 1.33. The third-order valence-corrected chi connectivity index (χ3v) is 6.78. The lowest BCUT2D eigenvalue weighted by atomic mass is 9.80. The molecule has 1 aromatic rings. The molecule has 2 aliphatic heterocycles. The number of alkyl halides is 3. The van der Waals surface area contributed by atoms with Crippen molar-refractivity contribution in [3.05, 3.63) is 35.4 Å². The number of carbonyl (C=O) groups excluding carboxylic acids is 2. The zero-order valence-electron chi connectivity index (χ0n) is 16.4. The average molecular weight is 424 g/mol. The first-order valence-corrected chi connectivity index (χ1v) is 10.1. The number of aliphatic carboxylic acids is 1. The van der Waals surface area contributed by atoms with Crippen LogP contribution in [0.2, 0.25) is 0 Å². The number of halogens is 3. The maximum Gasteiger partial charge on any atom is 0.416 e. The average Bonchev–Trinajstić information content (AvgIpc) is 3.16. The van der Waals surface area contributed by atoms with Crippen LogP contribution in [0, 0.1) is 11.8 Å². The second-order valence-corrected chi connectivity index (χ2v) is 8.59. The summed E-state index contributed by atoms with van der Waals surface area (Å²) in [6, 6.07) is 3.23. The minimum Gasteiger partial charge on any atom is -0.480 e. The van der Waals surface area contributed by atoms with E-state index in [-0.39, 0.29) is 11.6 Å². The fourth-order valence-corrected chi connectivity index (χ4v) is 5.25. The SMILES string of the molecule is CC1(C(=O)O)NC(c2cccc(C(F)(F)F)c2)C2C(=O)N(C3CCCCC3)C(=O)C21. The van der Waals surface area contributed by atoms with Crippen molar-refractivity contribution in [3.8, 4) is 0 Å². The van der Waals surface area contributed by atoms with Gasteiger partial charge in [0.2, 0.25) is 11.8 Å². The van der Waals surface area contributed by atoms with Gasteiger partial charge in [-0.25, -0.2) is 0 Å². The monoisotopic (exact) mass is 424 g/mol. The lowest BCUT2D eigenvalue weighted by Crippen LogP contribution is -2.54. The molecule has 1 aliphatic carbocycles. The van der Waals surface area contributed by atoms with Crippen LogP contribution in [-0.4, -0.2) is 39.4 Å². The number of carbonyl (C=O) groups is 3. The third-order valence-electron chi connectivity index (χ3n) is 6.78. The Labute approximate surface area is 171 Å². The molecule has 3 aliphatic rings. The molecule has 2 saturated heterocycles. The summed E-state index contributed by atoms with van der Waals surface area (Å²) < 4.78 is 39.6. The minimum atomic E-state index is -4.58. The van der Waals surface area contributed by atoms with Crippen molar-refractivity contribution >= 4 is 17.8 Å². The molecule has 1 saturated carbocycles. The van der Waals surface area contributed by atoms with Gasteiger partial charge in [-0.3, -0.25) is 24.6 Å². The minimum absolute atomic E-state index is 0.149. The van der Waals surface area contributed by atoms with E-state index in [1.54, 1.807) is 0 Å². The van der Waals surface area contributed by atoms with Crippen LogP contribution < -0.4 is 5.32 Å². The van der Waals surface area contributed by atoms with Crippen LogP contribution in [0.5, 0.6) is 0 Å². The Morgan fingerprint density at radius 2 is 1.83 bits per heavy atom. The van der Waals surface area contributed by atoms with E-state index in [0.29, 0.717) is 12.8 Å². The molecule has 0 spiro atoms. The fourth-order valence-electron chi connectivity index (χ4n) is 5.25. The smallest absolute Gasteiger partial charge is 0.416 e. The van der Waals surface area contributed by atoms with Crippen molar-refractivity contribution in [2.75, 3.05) is 0 Å². The number of rotatable bonds is 3. The van der Waals surface area contributed by atoms with E-state index >= 15 is 0 Å². The molecule has 9 heteroatoms. The molecule has 0 radical (unpaired) electrons. The van der Waals surface area contributed by atoms with E-state index < -0.39 is 52.9 Å². The van der Waals surface area contributed by atoms with Crippen LogP contribution in [-0.2, 0) is 20.6 Å². The van der Waals surface area contributed by atoms with E-state index in [4.69, 9.17) is 0 Å². The summed E-state index contributed by atoms with van der Waals surface area (Å²) in [5, 5.41) is 12.7. The second kappa shape index (κ2) is 7.08. The highest BCUT2D eigenvalue weighted by molar-refractivity contribution is 6.09. The van der Waals surface area contributed by atoms with Crippen LogP contribution >= 0.6 is 0 Å². The molecule has 162 valence electrons. The zero-order chi connectivity index (χ0) is 21.8. The van der Waals surface area contributed by atoms with E-state index in [2.05, 4.69) is 5.32 Å². The summed E-state index contributed by atoms with van der Waals surface area (Å²) >= 11 is 0. The summed E-state index contributed by atoms with van der Waals surface area (Å²) in [5.74, 6) is -4.55. The molecule has 1 aromatic carbocycles. The van der Waals surface area contributed by atoms with Gasteiger partial charge in [0, 0.05) is 12.1 Å². The largest absolute Gasteiger partial charge is 0.480 e. The van der Waals surface area contributed by atoms with Crippen molar-refractivity contribution in [1.29, 1.82) is 0 Å². The van der Waals surface area contributed by atoms with E-state index in [1.807, 2.05) is 0 Å². The number of amides is 2. The van der Waals surface area contributed by atoms with Crippen LogP contribution in [0.15, 0.2) is 24.3 Å². The molecule has 3 fully saturated rings. The number of benzene rings is 1. The van der Waals surface area contributed by atoms with Gasteiger partial charge in [0.1, 0.15) is 5.54 Å². The molecule has 4 unspecified atom stereocenters. The standard InChI is InChI=1S/C21H23F3N2O4/c1-20(19(29)30)15-14(17(27)26(18(15)28)13-8-3-2-4-9-13)16(25-20)11-6-5-7-12(10-11)21(22,23)24/h5-7,10,13-16,25H,2-4,8-9H2,1H3,(H,29,30). The molecule has 0 aromatic heterocycles. The summed E-state index contributed by atoms with van der Waals surface area (Å²) in [6.07, 6.45) is -0.468. The first kappa shape index (κ1) is 20.8. The number of hydrogen-bond acceptors (Lipinski definition) is 4. The lowest BCUT2D eigenvalue weighted by Gasteiger charge is -2.33. The Balaban J connectivity index is 1.76. The highest BCUT2D eigenvalue weighted by atomic mass is 19.4. The topological polar surface area (TPSA) is 86.7 Å². The molecule has 4 rings (SSSR count). The van der Waals surface area contributed by atoms with Crippen molar-refractivity contribution < 1.29 is 32.7 Å². The normalized spacial score (nSPS) is 32.5. The number of fused-ring (bicyclic) bond motifs is 1. The maximum atomic E-state index is 13.3.